The van der Waals surface area contributed by atoms with Gasteiger partial charge in [0.25, 0.3) is 0 Å². The second kappa shape index (κ2) is 10.9. The summed E-state index contributed by atoms with van der Waals surface area (Å²) < 4.78 is 0. The number of rotatable bonds is 7. The predicted octanol–water partition coefficient (Wildman–Crippen LogP) is 3.61. The average Bonchev–Trinajstić information content (AvgIpc) is 2.57. The SMILES string of the molecule is CC=C/C(=C(/C=C/C(/C=C\NC)=C/C)C(C)C)N1CCNCC1. The highest BCUT2D eigenvalue weighted by Crippen LogP contribution is 2.22. The molecule has 1 aliphatic rings. The van der Waals surface area contributed by atoms with Crippen LogP contribution < -0.4 is 10.6 Å². The van der Waals surface area contributed by atoms with Crippen LogP contribution in [0.4, 0.5) is 0 Å². The standard InChI is InChI=1S/C20H33N3/c1-6-8-20(23-15-13-22-14-16-23)19(17(3)4)10-9-18(7-2)11-12-21-5/h6-12,17,21-22H,13-16H2,1-5H3/b8-6?,10-9+,12-11-,18-7-,20-19+. The molecule has 0 amide bonds. The fraction of sp³-hybridized carbons (Fsp3) is 0.500. The topological polar surface area (TPSA) is 27.3 Å². The van der Waals surface area contributed by atoms with Crippen molar-refractivity contribution >= 4 is 0 Å². The van der Waals surface area contributed by atoms with E-state index in [1.807, 2.05) is 13.2 Å². The van der Waals surface area contributed by atoms with Gasteiger partial charge in [0.2, 0.25) is 0 Å². The molecule has 1 aliphatic heterocycles. The molecule has 1 heterocycles. The van der Waals surface area contributed by atoms with Crippen LogP contribution in [0.25, 0.3) is 0 Å². The Kier molecular flexibility index (Phi) is 9.15. The molecular weight excluding hydrogens is 282 g/mol. The van der Waals surface area contributed by atoms with E-state index in [1.165, 1.54) is 16.8 Å². The van der Waals surface area contributed by atoms with Crippen LogP contribution >= 0.6 is 0 Å². The van der Waals surface area contributed by atoms with E-state index < -0.39 is 0 Å². The van der Waals surface area contributed by atoms with Gasteiger partial charge in [-0.05, 0) is 49.3 Å². The van der Waals surface area contributed by atoms with Gasteiger partial charge in [-0.1, -0.05) is 38.2 Å². The normalized spacial score (nSPS) is 18.5. The highest BCUT2D eigenvalue weighted by molar-refractivity contribution is 5.39. The van der Waals surface area contributed by atoms with E-state index in [4.69, 9.17) is 0 Å². The molecule has 0 radical (unpaired) electrons. The predicted molar refractivity (Wildman–Crippen MR) is 102 cm³/mol. The first-order valence-corrected chi connectivity index (χ1v) is 8.64. The Bertz CT molecular complexity index is 487. The monoisotopic (exact) mass is 315 g/mol. The van der Waals surface area contributed by atoms with Gasteiger partial charge >= 0.3 is 0 Å². The van der Waals surface area contributed by atoms with Gasteiger partial charge in [0.05, 0.1) is 0 Å². The van der Waals surface area contributed by atoms with Crippen LogP contribution in [0.15, 0.2) is 59.5 Å². The van der Waals surface area contributed by atoms with Gasteiger partial charge in [0.15, 0.2) is 0 Å². The summed E-state index contributed by atoms with van der Waals surface area (Å²) in [6.07, 6.45) is 15.1. The number of piperazine rings is 1. The molecule has 0 aromatic heterocycles. The first-order chi connectivity index (χ1) is 11.1. The fourth-order valence-corrected chi connectivity index (χ4v) is 2.63. The fourth-order valence-electron chi connectivity index (χ4n) is 2.63. The van der Waals surface area contributed by atoms with E-state index in [2.05, 4.69) is 79.7 Å². The van der Waals surface area contributed by atoms with Gasteiger partial charge in [-0.2, -0.15) is 0 Å². The van der Waals surface area contributed by atoms with Crippen molar-refractivity contribution in [3.63, 3.8) is 0 Å². The molecule has 0 aromatic rings. The third-order valence-corrected chi connectivity index (χ3v) is 3.93. The van der Waals surface area contributed by atoms with Crippen molar-refractivity contribution in [2.45, 2.75) is 27.7 Å². The number of nitrogens with zero attached hydrogens (tertiary/aromatic N) is 1. The van der Waals surface area contributed by atoms with E-state index in [0.29, 0.717) is 5.92 Å². The van der Waals surface area contributed by atoms with Gasteiger partial charge in [0.1, 0.15) is 0 Å². The zero-order valence-corrected chi connectivity index (χ0v) is 15.4. The van der Waals surface area contributed by atoms with Crippen LogP contribution in [-0.2, 0) is 0 Å². The minimum absolute atomic E-state index is 0.485. The van der Waals surface area contributed by atoms with Crippen molar-refractivity contribution in [2.24, 2.45) is 5.92 Å². The molecule has 0 atom stereocenters. The van der Waals surface area contributed by atoms with Crippen molar-refractivity contribution in [1.29, 1.82) is 0 Å². The Morgan fingerprint density at radius 1 is 1.04 bits per heavy atom. The number of hydrogen-bond acceptors (Lipinski definition) is 3. The molecule has 23 heavy (non-hydrogen) atoms. The second-order valence-electron chi connectivity index (χ2n) is 5.98. The molecule has 0 saturated carbocycles. The Morgan fingerprint density at radius 2 is 1.74 bits per heavy atom. The molecule has 1 rings (SSSR count). The number of hydrogen-bond donors (Lipinski definition) is 2. The molecule has 0 aliphatic carbocycles. The molecule has 3 heteroatoms. The lowest BCUT2D eigenvalue weighted by Gasteiger charge is -2.32. The average molecular weight is 316 g/mol. The molecule has 2 N–H and O–H groups in total. The highest BCUT2D eigenvalue weighted by Gasteiger charge is 2.15. The maximum Gasteiger partial charge on any atom is 0.0398 e. The molecule has 3 nitrogen and oxygen atoms in total. The van der Waals surface area contributed by atoms with Crippen LogP contribution in [0.5, 0.6) is 0 Å². The first kappa shape index (κ1) is 19.3. The van der Waals surface area contributed by atoms with Crippen LogP contribution in [0.2, 0.25) is 0 Å². The molecular formula is C20H33N3. The Morgan fingerprint density at radius 3 is 2.26 bits per heavy atom. The van der Waals surface area contributed by atoms with Gasteiger partial charge in [0, 0.05) is 38.9 Å². The Hall–Kier alpha value is -1.74. The third-order valence-electron chi connectivity index (χ3n) is 3.93. The summed E-state index contributed by atoms with van der Waals surface area (Å²) in [6.45, 7) is 13.0. The summed E-state index contributed by atoms with van der Waals surface area (Å²) in [5.41, 5.74) is 3.95. The summed E-state index contributed by atoms with van der Waals surface area (Å²) in [5.74, 6) is 0.485. The lowest BCUT2D eigenvalue weighted by atomic mass is 9.97. The van der Waals surface area contributed by atoms with Crippen molar-refractivity contribution in [3.05, 3.63) is 59.5 Å². The largest absolute Gasteiger partial charge is 0.394 e. The lowest BCUT2D eigenvalue weighted by Crippen LogP contribution is -2.43. The number of allylic oxidation sites excluding steroid dienone is 8. The summed E-state index contributed by atoms with van der Waals surface area (Å²) >= 11 is 0. The molecule has 1 fully saturated rings. The van der Waals surface area contributed by atoms with Crippen LogP contribution in [-0.4, -0.2) is 38.1 Å². The minimum atomic E-state index is 0.485. The van der Waals surface area contributed by atoms with Crippen LogP contribution in [0.1, 0.15) is 27.7 Å². The van der Waals surface area contributed by atoms with Crippen molar-refractivity contribution in [1.82, 2.24) is 15.5 Å². The van der Waals surface area contributed by atoms with Gasteiger partial charge in [-0.3, -0.25) is 0 Å². The van der Waals surface area contributed by atoms with Gasteiger partial charge in [-0.15, -0.1) is 0 Å². The Labute approximate surface area is 142 Å². The van der Waals surface area contributed by atoms with Gasteiger partial charge < -0.3 is 15.5 Å². The summed E-state index contributed by atoms with van der Waals surface area (Å²) in [5, 5.41) is 6.47. The quantitative estimate of drug-likeness (QED) is 0.703. The molecule has 128 valence electrons. The smallest absolute Gasteiger partial charge is 0.0398 e. The van der Waals surface area contributed by atoms with Crippen LogP contribution in [0, 0.1) is 5.92 Å². The van der Waals surface area contributed by atoms with E-state index in [0.717, 1.165) is 26.2 Å². The Balaban J connectivity index is 3.14. The zero-order chi connectivity index (χ0) is 17.1. The maximum atomic E-state index is 3.43. The van der Waals surface area contributed by atoms with E-state index >= 15 is 0 Å². The van der Waals surface area contributed by atoms with E-state index in [-0.39, 0.29) is 0 Å². The minimum Gasteiger partial charge on any atom is -0.394 e. The van der Waals surface area contributed by atoms with E-state index in [9.17, 15) is 0 Å². The van der Waals surface area contributed by atoms with E-state index in [1.54, 1.807) is 0 Å². The molecule has 0 bridgehead atoms. The molecule has 1 saturated heterocycles. The summed E-state index contributed by atoms with van der Waals surface area (Å²) in [4.78, 5) is 2.49. The van der Waals surface area contributed by atoms with Crippen molar-refractivity contribution in [3.8, 4) is 0 Å². The van der Waals surface area contributed by atoms with Gasteiger partial charge in [-0.25, -0.2) is 0 Å². The number of nitrogens with one attached hydrogen (secondary N) is 2. The molecule has 0 spiro atoms. The first-order valence-electron chi connectivity index (χ1n) is 8.64. The summed E-state index contributed by atoms with van der Waals surface area (Å²) in [6, 6.07) is 0. The van der Waals surface area contributed by atoms with Crippen molar-refractivity contribution in [2.75, 3.05) is 33.2 Å². The molecule has 0 unspecified atom stereocenters. The highest BCUT2D eigenvalue weighted by atomic mass is 15.2. The summed E-state index contributed by atoms with van der Waals surface area (Å²) in [7, 11) is 1.92. The lowest BCUT2D eigenvalue weighted by molar-refractivity contribution is 0.303. The van der Waals surface area contributed by atoms with Crippen LogP contribution in [0.3, 0.4) is 0 Å². The van der Waals surface area contributed by atoms with Crippen molar-refractivity contribution < 1.29 is 0 Å². The zero-order valence-electron chi connectivity index (χ0n) is 15.4. The second-order valence-corrected chi connectivity index (χ2v) is 5.98. The third kappa shape index (κ3) is 6.49. The maximum absolute atomic E-state index is 3.43. The molecule has 0 aromatic carbocycles.